The molecule has 0 aliphatic carbocycles. The van der Waals surface area contributed by atoms with Gasteiger partial charge in [0, 0.05) is 25.5 Å². The Kier molecular flexibility index (Phi) is 4.91. The molecule has 0 atom stereocenters. The molecule has 19 heavy (non-hydrogen) atoms. The first-order chi connectivity index (χ1) is 9.38. The Labute approximate surface area is 112 Å². The van der Waals surface area contributed by atoms with E-state index in [0.29, 0.717) is 0 Å². The van der Waals surface area contributed by atoms with Gasteiger partial charge in [-0.1, -0.05) is 12.1 Å². The summed E-state index contributed by atoms with van der Waals surface area (Å²) in [6.07, 6.45) is 3.57. The normalized spacial score (nSPS) is 9.84. The zero-order valence-electron chi connectivity index (χ0n) is 10.5. The van der Waals surface area contributed by atoms with Crippen LogP contribution in [-0.4, -0.2) is 11.6 Å². The Hall–Kier alpha value is -2.38. The van der Waals surface area contributed by atoms with E-state index in [0.717, 1.165) is 24.4 Å². The molecule has 1 heterocycles. The van der Waals surface area contributed by atoms with Crippen molar-refractivity contribution in [1.29, 1.82) is 5.26 Å². The largest absolute Gasteiger partial charge is 0.479 e. The van der Waals surface area contributed by atoms with Gasteiger partial charge in [-0.25, -0.2) is 0 Å². The number of aromatic nitrogens is 1. The molecule has 0 unspecified atom stereocenters. The van der Waals surface area contributed by atoms with E-state index in [9.17, 15) is 0 Å². The molecule has 2 aromatic rings. The van der Waals surface area contributed by atoms with Gasteiger partial charge in [-0.2, -0.15) is 5.26 Å². The maximum Gasteiger partial charge on any atom is 0.174 e. The summed E-state index contributed by atoms with van der Waals surface area (Å²) in [5, 5.41) is 11.8. The van der Waals surface area contributed by atoms with Gasteiger partial charge in [0.2, 0.25) is 0 Å². The van der Waals surface area contributed by atoms with Crippen molar-refractivity contribution in [1.82, 2.24) is 10.3 Å². The average molecular weight is 253 g/mol. The second kappa shape index (κ2) is 7.14. The molecule has 0 saturated heterocycles. The number of hydrogen-bond acceptors (Lipinski definition) is 4. The predicted molar refractivity (Wildman–Crippen MR) is 72.3 cm³/mol. The summed E-state index contributed by atoms with van der Waals surface area (Å²) < 4.78 is 5.26. The smallest absolute Gasteiger partial charge is 0.174 e. The van der Waals surface area contributed by atoms with Gasteiger partial charge in [-0.3, -0.25) is 4.98 Å². The Morgan fingerprint density at radius 3 is 2.68 bits per heavy atom. The highest BCUT2D eigenvalue weighted by Crippen LogP contribution is 2.13. The standard InChI is InChI=1S/C15H15N3O/c16-6-9-19-15-3-1-2-14(10-15)12-18-11-13-4-7-17-8-5-13/h1-5,7-8,10,18H,9,11-12H2. The SMILES string of the molecule is N#CCOc1cccc(CNCc2ccncc2)c1. The molecule has 1 aromatic heterocycles. The molecule has 96 valence electrons. The van der Waals surface area contributed by atoms with Crippen LogP contribution in [0.2, 0.25) is 0 Å². The van der Waals surface area contributed by atoms with Crippen molar-refractivity contribution >= 4 is 0 Å². The van der Waals surface area contributed by atoms with Crippen molar-refractivity contribution in [3.8, 4) is 11.8 Å². The topological polar surface area (TPSA) is 57.9 Å². The lowest BCUT2D eigenvalue weighted by Gasteiger charge is -2.07. The minimum absolute atomic E-state index is 0.0773. The van der Waals surface area contributed by atoms with Crippen LogP contribution in [0, 0.1) is 11.3 Å². The van der Waals surface area contributed by atoms with Crippen molar-refractivity contribution in [3.05, 3.63) is 59.9 Å². The lowest BCUT2D eigenvalue weighted by atomic mass is 10.2. The first-order valence-electron chi connectivity index (χ1n) is 6.07. The van der Waals surface area contributed by atoms with E-state index < -0.39 is 0 Å². The van der Waals surface area contributed by atoms with Crippen LogP contribution in [0.15, 0.2) is 48.8 Å². The van der Waals surface area contributed by atoms with Crippen LogP contribution < -0.4 is 10.1 Å². The number of nitriles is 1. The van der Waals surface area contributed by atoms with Crippen molar-refractivity contribution < 1.29 is 4.74 Å². The fraction of sp³-hybridized carbons (Fsp3) is 0.200. The zero-order chi connectivity index (χ0) is 13.3. The van der Waals surface area contributed by atoms with Crippen LogP contribution in [0.25, 0.3) is 0 Å². The lowest BCUT2D eigenvalue weighted by Crippen LogP contribution is -2.12. The molecule has 0 saturated carbocycles. The summed E-state index contributed by atoms with van der Waals surface area (Å²) in [6, 6.07) is 13.7. The molecule has 1 N–H and O–H groups in total. The fourth-order valence-electron chi connectivity index (χ4n) is 1.71. The molecular weight excluding hydrogens is 238 g/mol. The van der Waals surface area contributed by atoms with Gasteiger partial charge >= 0.3 is 0 Å². The number of nitrogens with one attached hydrogen (secondary N) is 1. The van der Waals surface area contributed by atoms with Crippen LogP contribution in [0.5, 0.6) is 5.75 Å². The highest BCUT2D eigenvalue weighted by Gasteiger charge is 1.97. The first kappa shape index (κ1) is 13.1. The average Bonchev–Trinajstić information content (AvgIpc) is 2.47. The van der Waals surface area contributed by atoms with Crippen LogP contribution in [0.3, 0.4) is 0 Å². The first-order valence-corrected chi connectivity index (χ1v) is 6.07. The maximum absolute atomic E-state index is 8.47. The quantitative estimate of drug-likeness (QED) is 0.858. The molecule has 0 bridgehead atoms. The Morgan fingerprint density at radius 2 is 1.89 bits per heavy atom. The van der Waals surface area contributed by atoms with Gasteiger partial charge in [-0.05, 0) is 35.4 Å². The fourth-order valence-corrected chi connectivity index (χ4v) is 1.71. The highest BCUT2D eigenvalue weighted by molar-refractivity contribution is 5.28. The van der Waals surface area contributed by atoms with Crippen molar-refractivity contribution in [2.45, 2.75) is 13.1 Å². The molecular formula is C15H15N3O. The molecule has 0 fully saturated rings. The summed E-state index contributed by atoms with van der Waals surface area (Å²) in [6.45, 7) is 1.63. The lowest BCUT2D eigenvalue weighted by molar-refractivity contribution is 0.367. The monoisotopic (exact) mass is 253 g/mol. The number of rotatable bonds is 6. The molecule has 0 amide bonds. The summed E-state index contributed by atoms with van der Waals surface area (Å²) in [5.41, 5.74) is 2.33. The molecule has 0 aliphatic heterocycles. The third-order valence-corrected chi connectivity index (χ3v) is 2.61. The molecule has 4 nitrogen and oxygen atoms in total. The van der Waals surface area contributed by atoms with E-state index in [1.165, 1.54) is 5.56 Å². The minimum atomic E-state index is 0.0773. The van der Waals surface area contributed by atoms with Gasteiger partial charge in [0.15, 0.2) is 6.61 Å². The molecule has 2 rings (SSSR count). The number of hydrogen-bond donors (Lipinski definition) is 1. The Bertz CT molecular complexity index is 549. The maximum atomic E-state index is 8.47. The van der Waals surface area contributed by atoms with Crippen LogP contribution in [-0.2, 0) is 13.1 Å². The number of nitrogens with zero attached hydrogens (tertiary/aromatic N) is 2. The third kappa shape index (κ3) is 4.41. The molecule has 4 heteroatoms. The van der Waals surface area contributed by atoms with Gasteiger partial charge in [-0.15, -0.1) is 0 Å². The zero-order valence-corrected chi connectivity index (χ0v) is 10.5. The molecule has 0 radical (unpaired) electrons. The van der Waals surface area contributed by atoms with E-state index in [1.807, 2.05) is 42.5 Å². The summed E-state index contributed by atoms with van der Waals surface area (Å²) in [7, 11) is 0. The van der Waals surface area contributed by atoms with E-state index in [4.69, 9.17) is 10.00 Å². The van der Waals surface area contributed by atoms with Crippen molar-refractivity contribution in [2.24, 2.45) is 0 Å². The Morgan fingerprint density at radius 1 is 1.11 bits per heavy atom. The number of ether oxygens (including phenoxy) is 1. The van der Waals surface area contributed by atoms with E-state index in [-0.39, 0.29) is 6.61 Å². The van der Waals surface area contributed by atoms with Gasteiger partial charge < -0.3 is 10.1 Å². The minimum Gasteiger partial charge on any atom is -0.479 e. The third-order valence-electron chi connectivity index (χ3n) is 2.61. The van der Waals surface area contributed by atoms with Crippen LogP contribution in [0.1, 0.15) is 11.1 Å². The summed E-state index contributed by atoms with van der Waals surface area (Å²) in [5.74, 6) is 0.727. The van der Waals surface area contributed by atoms with Crippen LogP contribution in [0.4, 0.5) is 0 Å². The summed E-state index contributed by atoms with van der Waals surface area (Å²) in [4.78, 5) is 3.98. The summed E-state index contributed by atoms with van der Waals surface area (Å²) >= 11 is 0. The second-order valence-electron chi connectivity index (χ2n) is 4.05. The number of benzene rings is 1. The van der Waals surface area contributed by atoms with E-state index >= 15 is 0 Å². The number of pyridine rings is 1. The highest BCUT2D eigenvalue weighted by atomic mass is 16.5. The van der Waals surface area contributed by atoms with Gasteiger partial charge in [0.25, 0.3) is 0 Å². The van der Waals surface area contributed by atoms with Crippen molar-refractivity contribution in [3.63, 3.8) is 0 Å². The van der Waals surface area contributed by atoms with Crippen molar-refractivity contribution in [2.75, 3.05) is 6.61 Å². The van der Waals surface area contributed by atoms with E-state index in [2.05, 4.69) is 10.3 Å². The molecule has 1 aromatic carbocycles. The van der Waals surface area contributed by atoms with Gasteiger partial charge in [0.1, 0.15) is 11.8 Å². The van der Waals surface area contributed by atoms with E-state index in [1.54, 1.807) is 12.4 Å². The van der Waals surface area contributed by atoms with Gasteiger partial charge in [0.05, 0.1) is 0 Å². The molecule has 0 spiro atoms. The molecule has 0 aliphatic rings. The predicted octanol–water partition coefficient (Wildman–Crippen LogP) is 2.27. The second-order valence-corrected chi connectivity index (χ2v) is 4.05. The van der Waals surface area contributed by atoms with Crippen LogP contribution >= 0.6 is 0 Å². The Balaban J connectivity index is 1.84.